The van der Waals surface area contributed by atoms with Crippen molar-refractivity contribution in [1.29, 1.82) is 0 Å². The van der Waals surface area contributed by atoms with Gasteiger partial charge in [0.1, 0.15) is 17.4 Å². The zero-order valence-corrected chi connectivity index (χ0v) is 14.2. The lowest BCUT2D eigenvalue weighted by atomic mass is 9.71. The maximum absolute atomic E-state index is 14.2. The SMILES string of the molecule is CCCCOc1ccccc1C1(c2ccc(F)cc2)C=C[CH]C(F)=C1. The van der Waals surface area contributed by atoms with Crippen molar-refractivity contribution in [2.45, 2.75) is 25.2 Å². The zero-order chi connectivity index (χ0) is 17.7. The Kier molecular flexibility index (Phi) is 5.32. The summed E-state index contributed by atoms with van der Waals surface area (Å²) in [5, 5.41) is 0. The first kappa shape index (κ1) is 17.4. The van der Waals surface area contributed by atoms with Crippen LogP contribution in [0, 0.1) is 12.2 Å². The summed E-state index contributed by atoms with van der Waals surface area (Å²) in [5.41, 5.74) is 0.812. The summed E-state index contributed by atoms with van der Waals surface area (Å²) in [5.74, 6) is 0.0771. The second-order valence-corrected chi connectivity index (χ2v) is 6.13. The van der Waals surface area contributed by atoms with E-state index in [-0.39, 0.29) is 11.6 Å². The number of hydrogen-bond acceptors (Lipinski definition) is 1. The summed E-state index contributed by atoms with van der Waals surface area (Å²) in [6.45, 7) is 2.71. The minimum atomic E-state index is -0.824. The quantitative estimate of drug-likeness (QED) is 0.594. The van der Waals surface area contributed by atoms with E-state index in [0.29, 0.717) is 6.61 Å². The van der Waals surface area contributed by atoms with Crippen LogP contribution in [-0.2, 0) is 5.41 Å². The molecule has 0 aliphatic heterocycles. The van der Waals surface area contributed by atoms with Gasteiger partial charge in [0, 0.05) is 12.0 Å². The Labute approximate surface area is 147 Å². The first-order valence-electron chi connectivity index (χ1n) is 8.55. The smallest absolute Gasteiger partial charge is 0.124 e. The topological polar surface area (TPSA) is 9.23 Å². The van der Waals surface area contributed by atoms with E-state index in [1.54, 1.807) is 24.3 Å². The van der Waals surface area contributed by atoms with Gasteiger partial charge in [-0.1, -0.05) is 55.8 Å². The van der Waals surface area contributed by atoms with Crippen molar-refractivity contribution < 1.29 is 13.5 Å². The first-order valence-corrected chi connectivity index (χ1v) is 8.55. The molecular formula is C22H21F2O. The van der Waals surface area contributed by atoms with Crippen LogP contribution in [0.4, 0.5) is 8.78 Å². The van der Waals surface area contributed by atoms with Crippen LogP contribution >= 0.6 is 0 Å². The predicted octanol–water partition coefficient (Wildman–Crippen LogP) is 5.92. The van der Waals surface area contributed by atoms with Crippen molar-refractivity contribution in [3.05, 3.63) is 96.0 Å². The monoisotopic (exact) mass is 339 g/mol. The number of allylic oxidation sites excluding steroid dienone is 4. The van der Waals surface area contributed by atoms with E-state index >= 15 is 0 Å². The van der Waals surface area contributed by atoms with Gasteiger partial charge in [-0.3, -0.25) is 0 Å². The second kappa shape index (κ2) is 7.64. The molecule has 1 aliphatic rings. The fourth-order valence-electron chi connectivity index (χ4n) is 3.09. The Morgan fingerprint density at radius 2 is 1.76 bits per heavy atom. The number of unbranched alkanes of at least 4 members (excludes halogenated alkanes) is 1. The van der Waals surface area contributed by atoms with Gasteiger partial charge >= 0.3 is 0 Å². The van der Waals surface area contributed by atoms with Gasteiger partial charge < -0.3 is 4.74 Å². The van der Waals surface area contributed by atoms with Gasteiger partial charge in [-0.15, -0.1) is 0 Å². The fourth-order valence-corrected chi connectivity index (χ4v) is 3.09. The molecule has 2 aromatic carbocycles. The third-order valence-electron chi connectivity index (χ3n) is 4.39. The second-order valence-electron chi connectivity index (χ2n) is 6.13. The van der Waals surface area contributed by atoms with Crippen molar-refractivity contribution in [2.75, 3.05) is 6.61 Å². The number of benzene rings is 2. The number of halogens is 2. The Bertz CT molecular complexity index is 777. The standard InChI is InChI=1S/C22H21F2O/c1-2-3-15-25-21-9-5-4-8-20(21)22(14-6-7-19(24)16-22)17-10-12-18(23)13-11-17/h4-14,16H,2-3,15H2,1H3. The molecule has 0 bridgehead atoms. The van der Waals surface area contributed by atoms with E-state index in [2.05, 4.69) is 6.92 Å². The van der Waals surface area contributed by atoms with Crippen LogP contribution in [0.25, 0.3) is 0 Å². The lowest BCUT2D eigenvalue weighted by Crippen LogP contribution is -2.26. The molecule has 3 rings (SSSR count). The highest BCUT2D eigenvalue weighted by atomic mass is 19.1. The summed E-state index contributed by atoms with van der Waals surface area (Å²) >= 11 is 0. The van der Waals surface area contributed by atoms with Gasteiger partial charge in [-0.2, -0.15) is 0 Å². The predicted molar refractivity (Wildman–Crippen MR) is 96.7 cm³/mol. The number of rotatable bonds is 6. The minimum absolute atomic E-state index is 0.317. The lowest BCUT2D eigenvalue weighted by molar-refractivity contribution is 0.304. The van der Waals surface area contributed by atoms with E-state index in [4.69, 9.17) is 4.74 Å². The molecular weight excluding hydrogens is 318 g/mol. The normalized spacial score (nSPS) is 19.6. The first-order chi connectivity index (χ1) is 12.2. The van der Waals surface area contributed by atoms with Crippen LogP contribution in [0.1, 0.15) is 30.9 Å². The molecule has 1 nitrogen and oxygen atoms in total. The maximum atomic E-state index is 14.2. The molecule has 0 N–H and O–H groups in total. The Hall–Kier alpha value is -2.42. The molecule has 2 aromatic rings. The van der Waals surface area contributed by atoms with Gasteiger partial charge in [0.2, 0.25) is 0 Å². The third kappa shape index (κ3) is 3.65. The molecule has 1 atom stereocenters. The highest BCUT2D eigenvalue weighted by Crippen LogP contribution is 2.43. The van der Waals surface area contributed by atoms with Crippen molar-refractivity contribution in [1.82, 2.24) is 0 Å². The van der Waals surface area contributed by atoms with Crippen molar-refractivity contribution in [2.24, 2.45) is 0 Å². The van der Waals surface area contributed by atoms with Crippen LogP contribution in [0.3, 0.4) is 0 Å². The van der Waals surface area contributed by atoms with Crippen molar-refractivity contribution in [3.63, 3.8) is 0 Å². The van der Waals surface area contributed by atoms with Gasteiger partial charge in [-0.25, -0.2) is 8.78 Å². The largest absolute Gasteiger partial charge is 0.493 e. The fraction of sp³-hybridized carbons (Fsp3) is 0.227. The van der Waals surface area contributed by atoms with Crippen LogP contribution < -0.4 is 4.74 Å². The molecule has 3 heteroatoms. The number of para-hydroxylation sites is 1. The molecule has 0 heterocycles. The van der Waals surface area contributed by atoms with Crippen molar-refractivity contribution >= 4 is 0 Å². The Balaban J connectivity index is 2.12. The number of hydrogen-bond donors (Lipinski definition) is 0. The minimum Gasteiger partial charge on any atom is -0.493 e. The van der Waals surface area contributed by atoms with E-state index in [9.17, 15) is 8.78 Å². The van der Waals surface area contributed by atoms with Gasteiger partial charge in [0.05, 0.1) is 12.0 Å². The molecule has 0 fully saturated rings. The van der Waals surface area contributed by atoms with E-state index in [1.165, 1.54) is 18.6 Å². The molecule has 129 valence electrons. The van der Waals surface area contributed by atoms with E-state index < -0.39 is 5.41 Å². The maximum Gasteiger partial charge on any atom is 0.124 e. The average molecular weight is 339 g/mol. The van der Waals surface area contributed by atoms with Crippen LogP contribution in [0.15, 0.2) is 72.6 Å². The summed E-state index contributed by atoms with van der Waals surface area (Å²) in [6, 6.07) is 13.8. The van der Waals surface area contributed by atoms with Crippen LogP contribution in [0.2, 0.25) is 0 Å². The molecule has 1 radical (unpaired) electrons. The van der Waals surface area contributed by atoms with E-state index in [1.807, 2.05) is 30.3 Å². The Morgan fingerprint density at radius 3 is 2.48 bits per heavy atom. The number of ether oxygens (including phenoxy) is 1. The van der Waals surface area contributed by atoms with Crippen LogP contribution in [-0.4, -0.2) is 6.61 Å². The highest BCUT2D eigenvalue weighted by Gasteiger charge is 2.34. The molecule has 25 heavy (non-hydrogen) atoms. The summed E-state index contributed by atoms with van der Waals surface area (Å²) in [6.07, 6.45) is 8.58. The molecule has 0 amide bonds. The van der Waals surface area contributed by atoms with Crippen LogP contribution in [0.5, 0.6) is 5.75 Å². The molecule has 0 saturated heterocycles. The average Bonchev–Trinajstić information content (AvgIpc) is 2.63. The third-order valence-corrected chi connectivity index (χ3v) is 4.39. The van der Waals surface area contributed by atoms with Gasteiger partial charge in [0.25, 0.3) is 0 Å². The molecule has 0 spiro atoms. The summed E-state index contributed by atoms with van der Waals surface area (Å²) in [7, 11) is 0. The lowest BCUT2D eigenvalue weighted by Gasteiger charge is -2.32. The molecule has 1 unspecified atom stereocenters. The Morgan fingerprint density at radius 1 is 1.00 bits per heavy atom. The summed E-state index contributed by atoms with van der Waals surface area (Å²) < 4.78 is 33.6. The van der Waals surface area contributed by atoms with E-state index in [0.717, 1.165) is 29.7 Å². The van der Waals surface area contributed by atoms with Crippen molar-refractivity contribution in [3.8, 4) is 5.75 Å². The van der Waals surface area contributed by atoms with Gasteiger partial charge in [0.15, 0.2) is 0 Å². The molecule has 0 aromatic heterocycles. The zero-order valence-electron chi connectivity index (χ0n) is 14.2. The van der Waals surface area contributed by atoms with Gasteiger partial charge in [-0.05, 0) is 36.3 Å². The molecule has 1 aliphatic carbocycles. The highest BCUT2D eigenvalue weighted by molar-refractivity contribution is 5.57. The molecule has 0 saturated carbocycles. The summed E-state index contributed by atoms with van der Waals surface area (Å²) in [4.78, 5) is 0.